The van der Waals surface area contributed by atoms with Crippen molar-refractivity contribution < 1.29 is 12.9 Å². The highest BCUT2D eigenvalue weighted by Gasteiger charge is 2.43. The van der Waals surface area contributed by atoms with Gasteiger partial charge in [0, 0.05) is 30.1 Å². The predicted molar refractivity (Wildman–Crippen MR) is 87.2 cm³/mol. The molecule has 0 radical (unpaired) electrons. The first-order chi connectivity index (χ1) is 11.5. The summed E-state index contributed by atoms with van der Waals surface area (Å²) in [5, 5.41) is 4.02. The second kappa shape index (κ2) is 5.52. The van der Waals surface area contributed by atoms with E-state index >= 15 is 0 Å². The molecule has 1 fully saturated rings. The standard InChI is InChI=1S/C17H15N3O3S/c1-24(21,22)13-6-4-11(5-7-13)16-19-17(23-20-16)15-9-14(15)12-3-2-8-18-10-12/h2-8,10,14-15H,9H2,1H3/t14-,15+/m1/s1. The Labute approximate surface area is 139 Å². The van der Waals surface area contributed by atoms with Crippen molar-refractivity contribution in [3.05, 3.63) is 60.2 Å². The van der Waals surface area contributed by atoms with Gasteiger partial charge in [-0.1, -0.05) is 11.2 Å². The highest BCUT2D eigenvalue weighted by molar-refractivity contribution is 7.90. The van der Waals surface area contributed by atoms with Crippen LogP contribution in [0.15, 0.2) is 58.2 Å². The van der Waals surface area contributed by atoms with E-state index in [2.05, 4.69) is 21.2 Å². The van der Waals surface area contributed by atoms with E-state index in [0.717, 1.165) is 12.0 Å². The molecule has 3 aromatic rings. The molecule has 1 aliphatic rings. The molecule has 1 aliphatic carbocycles. The molecule has 0 spiro atoms. The minimum atomic E-state index is -3.21. The van der Waals surface area contributed by atoms with Gasteiger partial charge < -0.3 is 4.52 Å². The summed E-state index contributed by atoms with van der Waals surface area (Å²) in [6.45, 7) is 0. The molecule has 1 saturated carbocycles. The van der Waals surface area contributed by atoms with E-state index in [1.54, 1.807) is 30.5 Å². The normalized spacial score (nSPS) is 20.0. The lowest BCUT2D eigenvalue weighted by atomic mass is 10.1. The summed E-state index contributed by atoms with van der Waals surface area (Å²) in [7, 11) is -3.21. The monoisotopic (exact) mass is 341 g/mol. The smallest absolute Gasteiger partial charge is 0.230 e. The fourth-order valence-electron chi connectivity index (χ4n) is 2.79. The zero-order valence-electron chi connectivity index (χ0n) is 13.0. The Morgan fingerprint density at radius 3 is 2.58 bits per heavy atom. The maximum absolute atomic E-state index is 11.5. The number of hydrogen-bond acceptors (Lipinski definition) is 6. The van der Waals surface area contributed by atoms with Gasteiger partial charge in [0.2, 0.25) is 11.7 Å². The summed E-state index contributed by atoms with van der Waals surface area (Å²) in [5.41, 5.74) is 1.91. The van der Waals surface area contributed by atoms with Crippen LogP contribution in [0.25, 0.3) is 11.4 Å². The Morgan fingerprint density at radius 1 is 1.12 bits per heavy atom. The summed E-state index contributed by atoms with van der Waals surface area (Å²) in [6.07, 6.45) is 5.78. The zero-order valence-corrected chi connectivity index (χ0v) is 13.8. The molecule has 0 aliphatic heterocycles. The molecule has 0 saturated heterocycles. The molecule has 2 atom stereocenters. The van der Waals surface area contributed by atoms with Gasteiger partial charge >= 0.3 is 0 Å². The van der Waals surface area contributed by atoms with E-state index in [4.69, 9.17) is 4.52 Å². The minimum Gasteiger partial charge on any atom is -0.339 e. The predicted octanol–water partition coefficient (Wildman–Crippen LogP) is 2.81. The first-order valence-corrected chi connectivity index (χ1v) is 9.45. The Hall–Kier alpha value is -2.54. The summed E-state index contributed by atoms with van der Waals surface area (Å²) in [5.74, 6) is 1.69. The van der Waals surface area contributed by atoms with Crippen molar-refractivity contribution in [1.29, 1.82) is 0 Å². The molecule has 122 valence electrons. The van der Waals surface area contributed by atoms with E-state index in [9.17, 15) is 8.42 Å². The van der Waals surface area contributed by atoms with Crippen LogP contribution in [0.5, 0.6) is 0 Å². The van der Waals surface area contributed by atoms with Crippen molar-refractivity contribution in [1.82, 2.24) is 15.1 Å². The van der Waals surface area contributed by atoms with Gasteiger partial charge in [-0.15, -0.1) is 0 Å². The molecule has 0 unspecified atom stereocenters. The lowest BCUT2D eigenvalue weighted by molar-refractivity contribution is 0.378. The molecule has 0 N–H and O–H groups in total. The Morgan fingerprint density at radius 2 is 1.92 bits per heavy atom. The van der Waals surface area contributed by atoms with E-state index in [1.807, 2.05) is 12.3 Å². The molecule has 24 heavy (non-hydrogen) atoms. The van der Waals surface area contributed by atoms with Crippen LogP contribution >= 0.6 is 0 Å². The van der Waals surface area contributed by atoms with E-state index < -0.39 is 9.84 Å². The molecule has 2 aromatic heterocycles. The zero-order chi connectivity index (χ0) is 16.7. The van der Waals surface area contributed by atoms with Gasteiger partial charge in [0.15, 0.2) is 9.84 Å². The number of nitrogens with zero attached hydrogens (tertiary/aromatic N) is 3. The van der Waals surface area contributed by atoms with Gasteiger partial charge in [0.25, 0.3) is 0 Å². The van der Waals surface area contributed by atoms with Crippen molar-refractivity contribution in [2.45, 2.75) is 23.2 Å². The Balaban J connectivity index is 1.54. The summed E-state index contributed by atoms with van der Waals surface area (Å²) >= 11 is 0. The number of sulfone groups is 1. The molecular weight excluding hydrogens is 326 g/mol. The second-order valence-electron chi connectivity index (χ2n) is 5.99. The number of benzene rings is 1. The van der Waals surface area contributed by atoms with Crippen molar-refractivity contribution in [2.75, 3.05) is 6.26 Å². The average Bonchev–Trinajstić information content (AvgIpc) is 3.24. The Bertz CT molecular complexity index is 966. The summed E-state index contributed by atoms with van der Waals surface area (Å²) in [4.78, 5) is 8.87. The fourth-order valence-corrected chi connectivity index (χ4v) is 3.42. The topological polar surface area (TPSA) is 86.0 Å². The molecule has 1 aromatic carbocycles. The maximum Gasteiger partial charge on any atom is 0.230 e. The molecule has 6 nitrogen and oxygen atoms in total. The number of pyridine rings is 1. The molecular formula is C17H15N3O3S. The van der Waals surface area contributed by atoms with Crippen molar-refractivity contribution >= 4 is 9.84 Å². The third-order valence-corrected chi connectivity index (χ3v) is 5.33. The van der Waals surface area contributed by atoms with Crippen LogP contribution in [0.2, 0.25) is 0 Å². The lowest BCUT2D eigenvalue weighted by Gasteiger charge is -1.98. The van der Waals surface area contributed by atoms with Crippen molar-refractivity contribution in [3.63, 3.8) is 0 Å². The Kier molecular flexibility index (Phi) is 3.45. The van der Waals surface area contributed by atoms with E-state index in [0.29, 0.717) is 17.6 Å². The van der Waals surface area contributed by atoms with Gasteiger partial charge in [-0.2, -0.15) is 4.98 Å². The molecule has 4 rings (SSSR count). The van der Waals surface area contributed by atoms with Gasteiger partial charge in [-0.25, -0.2) is 8.42 Å². The van der Waals surface area contributed by atoms with Crippen molar-refractivity contribution in [2.24, 2.45) is 0 Å². The number of aromatic nitrogens is 3. The summed E-state index contributed by atoms with van der Waals surface area (Å²) in [6, 6.07) is 10.5. The van der Waals surface area contributed by atoms with E-state index in [1.165, 1.54) is 11.8 Å². The SMILES string of the molecule is CS(=O)(=O)c1ccc(-c2noc([C@H]3C[C@@H]3c3cccnc3)n2)cc1. The fraction of sp³-hybridized carbons (Fsp3) is 0.235. The minimum absolute atomic E-state index is 0.228. The highest BCUT2D eigenvalue weighted by Crippen LogP contribution is 2.54. The van der Waals surface area contributed by atoms with Gasteiger partial charge in [0.1, 0.15) is 0 Å². The third kappa shape index (κ3) is 2.82. The van der Waals surface area contributed by atoms with Crippen LogP contribution in [0.3, 0.4) is 0 Å². The third-order valence-electron chi connectivity index (χ3n) is 4.20. The van der Waals surface area contributed by atoms with E-state index in [-0.39, 0.29) is 10.8 Å². The maximum atomic E-state index is 11.5. The number of hydrogen-bond donors (Lipinski definition) is 0. The number of rotatable bonds is 4. The van der Waals surface area contributed by atoms with Crippen molar-refractivity contribution in [3.8, 4) is 11.4 Å². The largest absolute Gasteiger partial charge is 0.339 e. The quantitative estimate of drug-likeness (QED) is 0.725. The molecule has 0 bridgehead atoms. The van der Waals surface area contributed by atoms with Crippen LogP contribution in [0, 0.1) is 0 Å². The van der Waals surface area contributed by atoms with Crippen LogP contribution in [0.4, 0.5) is 0 Å². The van der Waals surface area contributed by atoms with Gasteiger partial charge in [0.05, 0.1) is 4.90 Å². The van der Waals surface area contributed by atoms with Gasteiger partial charge in [-0.05, 0) is 48.2 Å². The molecule has 7 heteroatoms. The first kappa shape index (κ1) is 15.0. The van der Waals surface area contributed by atoms with Crippen LogP contribution in [-0.4, -0.2) is 29.8 Å². The van der Waals surface area contributed by atoms with Crippen LogP contribution < -0.4 is 0 Å². The van der Waals surface area contributed by atoms with Crippen LogP contribution in [0.1, 0.15) is 29.7 Å². The molecule has 0 amide bonds. The highest BCUT2D eigenvalue weighted by atomic mass is 32.2. The second-order valence-corrected chi connectivity index (χ2v) is 8.00. The first-order valence-electron chi connectivity index (χ1n) is 7.56. The molecule has 2 heterocycles. The lowest BCUT2D eigenvalue weighted by Crippen LogP contribution is -1.96. The van der Waals surface area contributed by atoms with Crippen LogP contribution in [-0.2, 0) is 9.84 Å². The summed E-state index contributed by atoms with van der Waals surface area (Å²) < 4.78 is 28.4. The average molecular weight is 341 g/mol. The van der Waals surface area contributed by atoms with Gasteiger partial charge in [-0.3, -0.25) is 4.98 Å².